The predicted octanol–water partition coefficient (Wildman–Crippen LogP) is 2.74. The molecule has 0 fully saturated rings. The topological polar surface area (TPSA) is 39.2 Å². The van der Waals surface area contributed by atoms with Crippen LogP contribution in [0.4, 0.5) is 0 Å². The minimum absolute atomic E-state index is 0.136. The molecule has 0 saturated heterocycles. The van der Waals surface area contributed by atoms with Gasteiger partial charge in [0.25, 0.3) is 0 Å². The summed E-state index contributed by atoms with van der Waals surface area (Å²) in [6.45, 7) is 2.41. The van der Waals surface area contributed by atoms with Gasteiger partial charge < -0.3 is 4.74 Å². The quantitative estimate of drug-likeness (QED) is 0.850. The molecule has 2 heterocycles. The average Bonchev–Trinajstić information content (AvgIpc) is 2.95. The van der Waals surface area contributed by atoms with Gasteiger partial charge >= 0.3 is 0 Å². The molecule has 1 aliphatic rings. The molecule has 0 spiro atoms. The molecule has 1 aliphatic heterocycles. The van der Waals surface area contributed by atoms with E-state index in [1.165, 1.54) is 0 Å². The lowest BCUT2D eigenvalue weighted by molar-refractivity contribution is -0.120. The molecule has 3 nitrogen and oxygen atoms in total. The van der Waals surface area contributed by atoms with E-state index < -0.39 is 0 Å². The zero-order chi connectivity index (χ0) is 12.5. The van der Waals surface area contributed by atoms with Crippen LogP contribution in [0.5, 0.6) is 5.75 Å². The van der Waals surface area contributed by atoms with Crippen molar-refractivity contribution in [3.63, 3.8) is 0 Å². The fourth-order valence-corrected chi connectivity index (χ4v) is 2.83. The van der Waals surface area contributed by atoms with Crippen LogP contribution in [0.3, 0.4) is 0 Å². The summed E-state index contributed by atoms with van der Waals surface area (Å²) in [6, 6.07) is 7.75. The van der Waals surface area contributed by atoms with Crippen LogP contribution in [0.15, 0.2) is 29.6 Å². The summed E-state index contributed by atoms with van der Waals surface area (Å²) < 4.78 is 5.54. The number of ketones is 1. The number of aromatic nitrogens is 1. The number of carbonyl (C=O) groups excluding carboxylic acids is 1. The van der Waals surface area contributed by atoms with E-state index in [0.29, 0.717) is 13.0 Å². The summed E-state index contributed by atoms with van der Waals surface area (Å²) in [5.41, 5.74) is 1.88. The van der Waals surface area contributed by atoms with Crippen LogP contribution >= 0.6 is 11.3 Å². The molecule has 0 saturated carbocycles. The number of hydrogen-bond donors (Lipinski definition) is 0. The number of fused-ring (bicyclic) bond motifs is 1. The van der Waals surface area contributed by atoms with Crippen molar-refractivity contribution in [2.45, 2.75) is 19.3 Å². The van der Waals surface area contributed by atoms with Crippen molar-refractivity contribution in [3.8, 4) is 5.75 Å². The Morgan fingerprint density at radius 3 is 3.11 bits per heavy atom. The second-order valence-corrected chi connectivity index (χ2v) is 5.46. The molecule has 1 unspecified atom stereocenters. The maximum atomic E-state index is 12.3. The maximum Gasteiger partial charge on any atom is 0.149 e. The summed E-state index contributed by atoms with van der Waals surface area (Å²) in [4.78, 5) is 16.6. The van der Waals surface area contributed by atoms with E-state index in [4.69, 9.17) is 4.74 Å². The molecule has 2 aromatic rings. The number of hydrogen-bond acceptors (Lipinski definition) is 4. The average molecular weight is 259 g/mol. The van der Waals surface area contributed by atoms with E-state index in [1.54, 1.807) is 11.3 Å². The molecule has 1 atom stereocenters. The summed E-state index contributed by atoms with van der Waals surface area (Å²) in [6.07, 6.45) is 0.396. The summed E-state index contributed by atoms with van der Waals surface area (Å²) in [5.74, 6) is 0.888. The molecule has 1 aromatic heterocycles. The highest BCUT2D eigenvalue weighted by Gasteiger charge is 2.29. The van der Waals surface area contributed by atoms with Crippen LogP contribution in [-0.4, -0.2) is 17.4 Å². The molecule has 3 rings (SSSR count). The van der Waals surface area contributed by atoms with Crippen molar-refractivity contribution in [1.29, 1.82) is 0 Å². The molecule has 0 aliphatic carbocycles. The number of rotatable bonds is 3. The highest BCUT2D eigenvalue weighted by atomic mass is 32.1. The van der Waals surface area contributed by atoms with Crippen molar-refractivity contribution in [2.75, 3.05) is 6.61 Å². The summed E-state index contributed by atoms with van der Waals surface area (Å²) >= 11 is 1.58. The van der Waals surface area contributed by atoms with Crippen LogP contribution in [0.1, 0.15) is 22.2 Å². The zero-order valence-electron chi connectivity index (χ0n) is 10.1. The second-order valence-electron chi connectivity index (χ2n) is 4.40. The second kappa shape index (κ2) is 4.53. The summed E-state index contributed by atoms with van der Waals surface area (Å²) in [5, 5.41) is 2.95. The highest BCUT2D eigenvalue weighted by Crippen LogP contribution is 2.34. The van der Waals surface area contributed by atoms with Crippen LogP contribution in [0.25, 0.3) is 0 Å². The Morgan fingerprint density at radius 1 is 1.50 bits per heavy atom. The molecule has 0 N–H and O–H groups in total. The van der Waals surface area contributed by atoms with E-state index in [2.05, 4.69) is 4.98 Å². The lowest BCUT2D eigenvalue weighted by atomic mass is 9.94. The number of Topliss-reactive ketones (excluding diaryl/α,β-unsaturated/α-hetero) is 1. The molecule has 4 heteroatoms. The highest BCUT2D eigenvalue weighted by molar-refractivity contribution is 7.09. The standard InChI is InChI=1S/C14H13NO2S/c1-9-15-10(8-18-9)6-13(16)12-7-17-14-5-3-2-4-11(12)14/h2-5,8,12H,6-7H2,1H3. The largest absolute Gasteiger partial charge is 0.492 e. The number of nitrogens with zero attached hydrogens (tertiary/aromatic N) is 1. The van der Waals surface area contributed by atoms with Crippen LogP contribution in [0.2, 0.25) is 0 Å². The van der Waals surface area contributed by atoms with E-state index >= 15 is 0 Å². The number of benzene rings is 1. The molecule has 0 amide bonds. The minimum Gasteiger partial charge on any atom is -0.492 e. The Labute approximate surface area is 109 Å². The van der Waals surface area contributed by atoms with Gasteiger partial charge in [-0.3, -0.25) is 4.79 Å². The molecular weight excluding hydrogens is 246 g/mol. The minimum atomic E-state index is -0.136. The number of thiazole rings is 1. The lowest BCUT2D eigenvalue weighted by Crippen LogP contribution is -2.16. The van der Waals surface area contributed by atoms with Crippen LogP contribution in [-0.2, 0) is 11.2 Å². The van der Waals surface area contributed by atoms with Crippen LogP contribution in [0, 0.1) is 6.92 Å². The molecular formula is C14H13NO2S. The van der Waals surface area contributed by atoms with Gasteiger partial charge in [-0.15, -0.1) is 11.3 Å². The fourth-order valence-electron chi connectivity index (χ4n) is 2.22. The number of aryl methyl sites for hydroxylation is 1. The Bertz CT molecular complexity index is 591. The van der Waals surface area contributed by atoms with E-state index in [0.717, 1.165) is 22.0 Å². The van der Waals surface area contributed by atoms with Crippen molar-refractivity contribution in [3.05, 3.63) is 45.9 Å². The molecule has 18 heavy (non-hydrogen) atoms. The van der Waals surface area contributed by atoms with Gasteiger partial charge in [0.15, 0.2) is 0 Å². The monoisotopic (exact) mass is 259 g/mol. The van der Waals surface area contributed by atoms with Gasteiger partial charge in [0, 0.05) is 10.9 Å². The zero-order valence-corrected chi connectivity index (χ0v) is 10.9. The lowest BCUT2D eigenvalue weighted by Gasteiger charge is -2.06. The molecule has 0 radical (unpaired) electrons. The maximum absolute atomic E-state index is 12.3. The van der Waals surface area contributed by atoms with E-state index in [9.17, 15) is 4.79 Å². The SMILES string of the molecule is Cc1nc(CC(=O)C2COc3ccccc32)cs1. The number of carbonyl (C=O) groups is 1. The van der Waals surface area contributed by atoms with E-state index in [1.807, 2.05) is 36.6 Å². The van der Waals surface area contributed by atoms with Gasteiger partial charge in [0.2, 0.25) is 0 Å². The van der Waals surface area contributed by atoms with Gasteiger partial charge in [-0.25, -0.2) is 4.98 Å². The smallest absolute Gasteiger partial charge is 0.149 e. The Kier molecular flexibility index (Phi) is 2.88. The first-order chi connectivity index (χ1) is 8.74. The van der Waals surface area contributed by atoms with Gasteiger partial charge in [-0.1, -0.05) is 18.2 Å². The van der Waals surface area contributed by atoms with Gasteiger partial charge in [0.05, 0.1) is 23.0 Å². The van der Waals surface area contributed by atoms with E-state index in [-0.39, 0.29) is 11.7 Å². The van der Waals surface area contributed by atoms with Crippen molar-refractivity contribution < 1.29 is 9.53 Å². The molecule has 92 valence electrons. The predicted molar refractivity (Wildman–Crippen MR) is 70.2 cm³/mol. The first kappa shape index (κ1) is 11.4. The van der Waals surface area contributed by atoms with Gasteiger partial charge in [0.1, 0.15) is 18.1 Å². The fraction of sp³-hybridized carbons (Fsp3) is 0.286. The number of ether oxygens (including phenoxy) is 1. The van der Waals surface area contributed by atoms with Gasteiger partial charge in [-0.2, -0.15) is 0 Å². The van der Waals surface area contributed by atoms with Crippen LogP contribution < -0.4 is 4.74 Å². The Hall–Kier alpha value is -1.68. The van der Waals surface area contributed by atoms with Crippen molar-refractivity contribution in [1.82, 2.24) is 4.98 Å². The molecule has 1 aromatic carbocycles. The third-order valence-electron chi connectivity index (χ3n) is 3.11. The third kappa shape index (κ3) is 2.04. The van der Waals surface area contributed by atoms with Crippen molar-refractivity contribution in [2.24, 2.45) is 0 Å². The van der Waals surface area contributed by atoms with Gasteiger partial charge in [-0.05, 0) is 13.0 Å². The third-order valence-corrected chi connectivity index (χ3v) is 3.93. The first-order valence-electron chi connectivity index (χ1n) is 5.89. The normalized spacial score (nSPS) is 17.3. The number of para-hydroxylation sites is 1. The first-order valence-corrected chi connectivity index (χ1v) is 6.77. The van der Waals surface area contributed by atoms with Crippen molar-refractivity contribution >= 4 is 17.1 Å². The Balaban J connectivity index is 1.78. The Morgan fingerprint density at radius 2 is 2.33 bits per heavy atom. The molecule has 0 bridgehead atoms. The summed E-state index contributed by atoms with van der Waals surface area (Å²) in [7, 11) is 0.